The minimum atomic E-state index is -1.39. The molecule has 3 heterocycles. The van der Waals surface area contributed by atoms with Gasteiger partial charge in [-0.05, 0) is 35.8 Å². The summed E-state index contributed by atoms with van der Waals surface area (Å²) in [5.74, 6) is -0.259. The molecule has 2 atom stereocenters. The summed E-state index contributed by atoms with van der Waals surface area (Å²) in [5.41, 5.74) is 1.11. The van der Waals surface area contributed by atoms with Crippen LogP contribution in [0.5, 0.6) is 0 Å². The van der Waals surface area contributed by atoms with E-state index in [9.17, 15) is 14.1 Å². The summed E-state index contributed by atoms with van der Waals surface area (Å²) in [6.07, 6.45) is 5.13. The molecular formula is C17H17NO5S. The van der Waals surface area contributed by atoms with Gasteiger partial charge in [-0.3, -0.25) is 4.79 Å². The minimum Gasteiger partial charge on any atom is -0.611 e. The average Bonchev–Trinajstić information content (AvgIpc) is 3.29. The molecule has 24 heavy (non-hydrogen) atoms. The number of Topliss-reactive ketones (excluding diaryl/α,β-unsaturated/α-hetero) is 1. The van der Waals surface area contributed by atoms with Gasteiger partial charge in [0.15, 0.2) is 16.7 Å². The van der Waals surface area contributed by atoms with Gasteiger partial charge in [0.2, 0.25) is 5.78 Å². The van der Waals surface area contributed by atoms with Crippen LogP contribution in [0, 0.1) is 0 Å². The highest BCUT2D eigenvalue weighted by atomic mass is 32.2. The van der Waals surface area contributed by atoms with E-state index < -0.39 is 23.2 Å². The fraction of sp³-hybridized carbons (Fsp3) is 0.294. The van der Waals surface area contributed by atoms with Gasteiger partial charge in [-0.2, -0.15) is 0 Å². The van der Waals surface area contributed by atoms with Crippen molar-refractivity contribution in [3.8, 4) is 0 Å². The number of fused-ring (bicyclic) bond motifs is 1. The van der Waals surface area contributed by atoms with Crippen LogP contribution in [0.1, 0.15) is 17.0 Å². The van der Waals surface area contributed by atoms with E-state index in [0.717, 1.165) is 0 Å². The number of nitrogens with zero attached hydrogens (tertiary/aromatic N) is 1. The molecule has 0 radical (unpaired) electrons. The van der Waals surface area contributed by atoms with E-state index in [1.807, 2.05) is 0 Å². The molecule has 6 nitrogen and oxygen atoms in total. The topological polar surface area (TPSA) is 82.8 Å². The second-order valence-electron chi connectivity index (χ2n) is 5.39. The summed E-state index contributed by atoms with van der Waals surface area (Å²) < 4.78 is 22.5. The van der Waals surface area contributed by atoms with Crippen molar-refractivity contribution in [2.75, 3.05) is 19.4 Å². The number of ketones is 1. The molecule has 3 rings (SSSR count). The van der Waals surface area contributed by atoms with Crippen LogP contribution in [0.3, 0.4) is 0 Å². The number of hydrogen-bond donors (Lipinski definition) is 0. The van der Waals surface area contributed by atoms with Gasteiger partial charge in [-0.25, -0.2) is 4.79 Å². The van der Waals surface area contributed by atoms with Gasteiger partial charge in [0, 0.05) is 12.6 Å². The zero-order valence-electron chi connectivity index (χ0n) is 13.2. The summed E-state index contributed by atoms with van der Waals surface area (Å²) in [5, 5.41) is 0. The van der Waals surface area contributed by atoms with E-state index in [-0.39, 0.29) is 17.3 Å². The molecule has 0 N–H and O–H groups in total. The Morgan fingerprint density at radius 3 is 3.00 bits per heavy atom. The summed E-state index contributed by atoms with van der Waals surface area (Å²) >= 11 is -1.39. The number of ether oxygens (including phenoxy) is 1. The maximum Gasteiger partial charge on any atom is 0.335 e. The van der Waals surface area contributed by atoms with E-state index in [1.165, 1.54) is 13.4 Å². The van der Waals surface area contributed by atoms with Crippen LogP contribution in [-0.4, -0.2) is 46.7 Å². The number of esters is 1. The third-order valence-electron chi connectivity index (χ3n) is 4.06. The molecule has 2 unspecified atom stereocenters. The first kappa shape index (κ1) is 16.6. The normalized spacial score (nSPS) is 20.7. The van der Waals surface area contributed by atoms with Gasteiger partial charge in [0.05, 0.1) is 24.6 Å². The summed E-state index contributed by atoms with van der Waals surface area (Å²) in [6, 6.07) is 2.48. The van der Waals surface area contributed by atoms with Crippen molar-refractivity contribution in [2.45, 2.75) is 12.5 Å². The third-order valence-corrected chi connectivity index (χ3v) is 5.46. The van der Waals surface area contributed by atoms with E-state index in [2.05, 4.69) is 6.58 Å². The predicted octanol–water partition coefficient (Wildman–Crippen LogP) is 1.80. The highest BCUT2D eigenvalue weighted by molar-refractivity contribution is 7.95. The third kappa shape index (κ3) is 2.70. The molecule has 0 aromatic carbocycles. The molecule has 0 saturated heterocycles. The van der Waals surface area contributed by atoms with Gasteiger partial charge in [0.25, 0.3) is 0 Å². The SMILES string of the molecule is C=CC[S+]([O-])C1=CC2=C(C(=O)OC)CCN2C1C(=O)c1ccco1. The Bertz CT molecular complexity index is 734. The molecule has 0 aliphatic carbocycles. The lowest BCUT2D eigenvalue weighted by Gasteiger charge is -2.24. The molecule has 2 aliphatic rings. The Balaban J connectivity index is 2.02. The minimum absolute atomic E-state index is 0.203. The monoisotopic (exact) mass is 347 g/mol. The summed E-state index contributed by atoms with van der Waals surface area (Å²) in [6.45, 7) is 4.09. The fourth-order valence-electron chi connectivity index (χ4n) is 3.01. The zero-order valence-corrected chi connectivity index (χ0v) is 14.0. The van der Waals surface area contributed by atoms with E-state index in [0.29, 0.717) is 29.1 Å². The molecule has 0 bridgehead atoms. The van der Waals surface area contributed by atoms with E-state index >= 15 is 0 Å². The van der Waals surface area contributed by atoms with Crippen LogP contribution in [0.25, 0.3) is 0 Å². The largest absolute Gasteiger partial charge is 0.611 e. The molecular weight excluding hydrogens is 330 g/mol. The number of rotatable bonds is 6. The van der Waals surface area contributed by atoms with Crippen LogP contribution in [0.4, 0.5) is 0 Å². The van der Waals surface area contributed by atoms with Crippen molar-refractivity contribution in [2.24, 2.45) is 0 Å². The number of methoxy groups -OCH3 is 1. The molecule has 2 aliphatic heterocycles. The van der Waals surface area contributed by atoms with Crippen LogP contribution >= 0.6 is 0 Å². The number of carbonyl (C=O) groups is 2. The van der Waals surface area contributed by atoms with Crippen LogP contribution in [0.2, 0.25) is 0 Å². The van der Waals surface area contributed by atoms with E-state index in [4.69, 9.17) is 9.15 Å². The highest BCUT2D eigenvalue weighted by Gasteiger charge is 2.47. The number of furan rings is 1. The van der Waals surface area contributed by atoms with Crippen molar-refractivity contribution < 1.29 is 23.3 Å². The lowest BCUT2D eigenvalue weighted by atomic mass is 10.1. The first-order chi connectivity index (χ1) is 11.6. The standard InChI is InChI=1S/C17H17NO5S/c1-3-9-24(21)14-10-12-11(17(20)22-2)6-7-18(12)15(14)16(19)13-5-4-8-23-13/h3-5,8,10,15H,1,6-7,9H2,2H3. The molecule has 1 aromatic rings. The second kappa shape index (κ2) is 6.70. The summed E-state index contributed by atoms with van der Waals surface area (Å²) in [4.78, 5) is 27.0. The predicted molar refractivity (Wildman–Crippen MR) is 88.5 cm³/mol. The molecule has 126 valence electrons. The number of carbonyl (C=O) groups excluding carboxylic acids is 2. The van der Waals surface area contributed by atoms with Crippen molar-refractivity contribution in [1.82, 2.24) is 4.90 Å². The molecule has 0 saturated carbocycles. The number of hydrogen-bond acceptors (Lipinski definition) is 6. The molecule has 0 spiro atoms. The van der Waals surface area contributed by atoms with Crippen LogP contribution in [-0.2, 0) is 20.7 Å². The van der Waals surface area contributed by atoms with Crippen LogP contribution in [0.15, 0.2) is 57.7 Å². The Hall–Kier alpha value is -2.25. The quantitative estimate of drug-likeness (QED) is 0.338. The summed E-state index contributed by atoms with van der Waals surface area (Å²) in [7, 11) is 1.32. The smallest absolute Gasteiger partial charge is 0.335 e. The fourth-order valence-corrected chi connectivity index (χ4v) is 4.14. The van der Waals surface area contributed by atoms with Crippen molar-refractivity contribution in [3.05, 3.63) is 59.1 Å². The van der Waals surface area contributed by atoms with Gasteiger partial charge in [-0.15, -0.1) is 0 Å². The number of allylic oxidation sites excluding steroid dienone is 1. The van der Waals surface area contributed by atoms with Crippen molar-refractivity contribution >= 4 is 22.9 Å². The van der Waals surface area contributed by atoms with E-state index in [1.54, 1.807) is 29.2 Å². The average molecular weight is 347 g/mol. The maximum absolute atomic E-state index is 12.8. The highest BCUT2D eigenvalue weighted by Crippen LogP contribution is 2.39. The first-order valence-electron chi connectivity index (χ1n) is 7.45. The molecule has 0 amide bonds. The Kier molecular flexibility index (Phi) is 4.64. The zero-order chi connectivity index (χ0) is 17.3. The lowest BCUT2D eigenvalue weighted by Crippen LogP contribution is -2.38. The van der Waals surface area contributed by atoms with Crippen molar-refractivity contribution in [3.63, 3.8) is 0 Å². The lowest BCUT2D eigenvalue weighted by molar-refractivity contribution is -0.136. The Labute approximate surface area is 142 Å². The maximum atomic E-state index is 12.8. The van der Waals surface area contributed by atoms with Gasteiger partial charge in [-0.1, -0.05) is 6.58 Å². The molecule has 0 fully saturated rings. The Morgan fingerprint density at radius 2 is 2.38 bits per heavy atom. The first-order valence-corrected chi connectivity index (χ1v) is 8.77. The second-order valence-corrected chi connectivity index (χ2v) is 6.89. The van der Waals surface area contributed by atoms with Gasteiger partial charge in [0.1, 0.15) is 5.75 Å². The van der Waals surface area contributed by atoms with Gasteiger partial charge >= 0.3 is 5.97 Å². The van der Waals surface area contributed by atoms with Gasteiger partial charge < -0.3 is 18.6 Å². The van der Waals surface area contributed by atoms with Crippen LogP contribution < -0.4 is 0 Å². The molecule has 1 aromatic heterocycles. The van der Waals surface area contributed by atoms with Crippen molar-refractivity contribution in [1.29, 1.82) is 0 Å². The molecule has 7 heteroatoms. The Morgan fingerprint density at radius 1 is 1.58 bits per heavy atom.